The van der Waals surface area contributed by atoms with E-state index in [9.17, 15) is 18.0 Å². The standard InChI is InChI=1S/C18H21F3N6O/c1-10-15(11(2)25(3)24-10)16(28)26-6-12-8-27(9-13(12)7-26)17-22-5-4-14(23-17)18(19,20)21/h4-5,12-13H,6-9H2,1-3H3. The van der Waals surface area contributed by atoms with E-state index in [1.165, 1.54) is 0 Å². The predicted octanol–water partition coefficient (Wildman–Crippen LogP) is 2.05. The van der Waals surface area contributed by atoms with Gasteiger partial charge in [0.25, 0.3) is 5.91 Å². The van der Waals surface area contributed by atoms with Crippen LogP contribution in [0.4, 0.5) is 19.1 Å². The number of carbonyl (C=O) groups is 1. The van der Waals surface area contributed by atoms with Crippen molar-refractivity contribution in [2.75, 3.05) is 31.1 Å². The van der Waals surface area contributed by atoms with Crippen molar-refractivity contribution in [2.45, 2.75) is 20.0 Å². The summed E-state index contributed by atoms with van der Waals surface area (Å²) < 4.78 is 40.4. The molecule has 0 N–H and O–H groups in total. The number of alkyl halides is 3. The molecule has 28 heavy (non-hydrogen) atoms. The molecule has 2 saturated heterocycles. The number of amides is 1. The van der Waals surface area contributed by atoms with Crippen LogP contribution in [0, 0.1) is 25.7 Å². The van der Waals surface area contributed by atoms with Crippen LogP contribution in [0.15, 0.2) is 12.3 Å². The quantitative estimate of drug-likeness (QED) is 0.780. The van der Waals surface area contributed by atoms with E-state index in [1.807, 2.05) is 25.8 Å². The first-order valence-corrected chi connectivity index (χ1v) is 9.09. The molecule has 2 aliphatic rings. The van der Waals surface area contributed by atoms with Crippen molar-refractivity contribution >= 4 is 11.9 Å². The maximum atomic E-state index is 12.9. The van der Waals surface area contributed by atoms with E-state index in [2.05, 4.69) is 15.1 Å². The average molecular weight is 394 g/mol. The maximum Gasteiger partial charge on any atom is 0.433 e. The van der Waals surface area contributed by atoms with Crippen LogP contribution in [0.5, 0.6) is 0 Å². The SMILES string of the molecule is Cc1nn(C)c(C)c1C(=O)N1CC2CN(c3nccc(C(F)(F)F)n3)CC2C1. The fraction of sp³-hybridized carbons (Fsp3) is 0.556. The fourth-order valence-electron chi connectivity index (χ4n) is 4.22. The van der Waals surface area contributed by atoms with Gasteiger partial charge in [0.2, 0.25) is 5.95 Å². The summed E-state index contributed by atoms with van der Waals surface area (Å²) in [5, 5.41) is 4.31. The Bertz CT molecular complexity index is 911. The highest BCUT2D eigenvalue weighted by Gasteiger charge is 2.43. The molecule has 2 aliphatic heterocycles. The Morgan fingerprint density at radius 3 is 2.32 bits per heavy atom. The topological polar surface area (TPSA) is 67.2 Å². The number of halogens is 3. The van der Waals surface area contributed by atoms with Gasteiger partial charge in [0, 0.05) is 57.0 Å². The summed E-state index contributed by atoms with van der Waals surface area (Å²) in [7, 11) is 1.81. The zero-order valence-electron chi connectivity index (χ0n) is 15.9. The van der Waals surface area contributed by atoms with Gasteiger partial charge in [-0.15, -0.1) is 0 Å². The molecule has 2 fully saturated rings. The van der Waals surface area contributed by atoms with Gasteiger partial charge in [-0.05, 0) is 19.9 Å². The number of carbonyl (C=O) groups excluding carboxylic acids is 1. The molecule has 2 atom stereocenters. The second-order valence-electron chi connectivity index (χ2n) is 7.54. The molecule has 2 aromatic heterocycles. The number of anilines is 1. The van der Waals surface area contributed by atoms with E-state index in [0.29, 0.717) is 37.4 Å². The Labute approximate surface area is 160 Å². The molecule has 0 saturated carbocycles. The molecule has 4 heterocycles. The van der Waals surface area contributed by atoms with Crippen LogP contribution in [0.1, 0.15) is 27.4 Å². The molecule has 0 radical (unpaired) electrons. The van der Waals surface area contributed by atoms with Crippen molar-refractivity contribution in [3.63, 3.8) is 0 Å². The minimum atomic E-state index is -4.49. The largest absolute Gasteiger partial charge is 0.433 e. The third kappa shape index (κ3) is 3.10. The zero-order chi connectivity index (χ0) is 20.2. The van der Waals surface area contributed by atoms with Gasteiger partial charge in [0.05, 0.1) is 11.3 Å². The molecule has 2 aromatic rings. The first kappa shape index (κ1) is 18.7. The number of aromatic nitrogens is 4. The van der Waals surface area contributed by atoms with E-state index < -0.39 is 11.9 Å². The van der Waals surface area contributed by atoms with Gasteiger partial charge in [0.15, 0.2) is 0 Å². The summed E-state index contributed by atoms with van der Waals surface area (Å²) >= 11 is 0. The highest BCUT2D eigenvalue weighted by molar-refractivity contribution is 5.96. The Morgan fingerprint density at radius 2 is 1.79 bits per heavy atom. The van der Waals surface area contributed by atoms with Crippen LogP contribution in [-0.2, 0) is 13.2 Å². The van der Waals surface area contributed by atoms with Gasteiger partial charge in [-0.25, -0.2) is 9.97 Å². The van der Waals surface area contributed by atoms with E-state index >= 15 is 0 Å². The predicted molar refractivity (Wildman–Crippen MR) is 94.8 cm³/mol. The number of nitrogens with zero attached hydrogens (tertiary/aromatic N) is 6. The molecule has 4 rings (SSSR count). The van der Waals surface area contributed by atoms with Crippen molar-refractivity contribution in [2.24, 2.45) is 18.9 Å². The van der Waals surface area contributed by atoms with Crippen LogP contribution < -0.4 is 4.90 Å². The molecule has 0 aromatic carbocycles. The Balaban J connectivity index is 1.46. The first-order valence-electron chi connectivity index (χ1n) is 9.09. The Kier molecular flexibility index (Phi) is 4.31. The van der Waals surface area contributed by atoms with E-state index in [0.717, 1.165) is 18.0 Å². The van der Waals surface area contributed by atoms with Gasteiger partial charge < -0.3 is 9.80 Å². The molecule has 2 unspecified atom stereocenters. The van der Waals surface area contributed by atoms with Crippen LogP contribution in [0.25, 0.3) is 0 Å². The zero-order valence-corrected chi connectivity index (χ0v) is 15.9. The van der Waals surface area contributed by atoms with Crippen molar-refractivity contribution in [3.05, 3.63) is 34.9 Å². The Hall–Kier alpha value is -2.65. The number of aryl methyl sites for hydroxylation is 2. The molecular formula is C18H21F3N6O. The van der Waals surface area contributed by atoms with Gasteiger partial charge in [-0.1, -0.05) is 0 Å². The Morgan fingerprint density at radius 1 is 1.14 bits per heavy atom. The molecule has 150 valence electrons. The van der Waals surface area contributed by atoms with Crippen LogP contribution in [0.2, 0.25) is 0 Å². The van der Waals surface area contributed by atoms with Gasteiger partial charge in [0.1, 0.15) is 5.69 Å². The second kappa shape index (κ2) is 6.46. The summed E-state index contributed by atoms with van der Waals surface area (Å²) in [5.41, 5.74) is 1.24. The van der Waals surface area contributed by atoms with E-state index in [-0.39, 0.29) is 23.7 Å². The first-order chi connectivity index (χ1) is 13.1. The van der Waals surface area contributed by atoms with Crippen molar-refractivity contribution in [1.82, 2.24) is 24.6 Å². The van der Waals surface area contributed by atoms with Gasteiger partial charge >= 0.3 is 6.18 Å². The number of likely N-dealkylation sites (tertiary alicyclic amines) is 1. The summed E-state index contributed by atoms with van der Waals surface area (Å²) in [6, 6.07) is 0.874. The van der Waals surface area contributed by atoms with E-state index in [1.54, 1.807) is 9.58 Å². The molecule has 0 spiro atoms. The lowest BCUT2D eigenvalue weighted by atomic mass is 10.0. The minimum absolute atomic E-state index is 0.0284. The lowest BCUT2D eigenvalue weighted by Crippen LogP contribution is -2.34. The second-order valence-corrected chi connectivity index (χ2v) is 7.54. The highest BCUT2D eigenvalue weighted by Crippen LogP contribution is 2.35. The monoisotopic (exact) mass is 394 g/mol. The van der Waals surface area contributed by atoms with Gasteiger partial charge in [-0.2, -0.15) is 18.3 Å². The molecule has 10 heteroatoms. The van der Waals surface area contributed by atoms with Crippen molar-refractivity contribution in [3.8, 4) is 0 Å². The molecule has 0 aliphatic carbocycles. The lowest BCUT2D eigenvalue weighted by molar-refractivity contribution is -0.141. The number of fused-ring (bicyclic) bond motifs is 1. The number of hydrogen-bond acceptors (Lipinski definition) is 5. The van der Waals surface area contributed by atoms with Crippen LogP contribution in [-0.4, -0.2) is 56.7 Å². The summed E-state index contributed by atoms with van der Waals surface area (Å²) in [6.45, 7) is 5.93. The normalized spacial score (nSPS) is 22.1. The highest BCUT2D eigenvalue weighted by atomic mass is 19.4. The molecular weight excluding hydrogens is 373 g/mol. The number of hydrogen-bond donors (Lipinski definition) is 0. The third-order valence-corrected chi connectivity index (χ3v) is 5.71. The average Bonchev–Trinajstić information content (AvgIpc) is 3.26. The summed E-state index contributed by atoms with van der Waals surface area (Å²) in [6.07, 6.45) is -3.35. The fourth-order valence-corrected chi connectivity index (χ4v) is 4.22. The number of rotatable bonds is 2. The molecule has 1 amide bonds. The van der Waals surface area contributed by atoms with E-state index in [4.69, 9.17) is 0 Å². The van der Waals surface area contributed by atoms with Gasteiger partial charge in [-0.3, -0.25) is 9.48 Å². The van der Waals surface area contributed by atoms with Crippen molar-refractivity contribution < 1.29 is 18.0 Å². The van der Waals surface area contributed by atoms with Crippen LogP contribution in [0.3, 0.4) is 0 Å². The summed E-state index contributed by atoms with van der Waals surface area (Å²) in [5.74, 6) is 0.458. The lowest BCUT2D eigenvalue weighted by Gasteiger charge is -2.22. The van der Waals surface area contributed by atoms with Crippen molar-refractivity contribution in [1.29, 1.82) is 0 Å². The third-order valence-electron chi connectivity index (χ3n) is 5.71. The minimum Gasteiger partial charge on any atom is -0.340 e. The smallest absolute Gasteiger partial charge is 0.340 e. The molecule has 0 bridgehead atoms. The van der Waals surface area contributed by atoms with Crippen LogP contribution >= 0.6 is 0 Å². The molecule has 7 nitrogen and oxygen atoms in total. The maximum absolute atomic E-state index is 12.9. The summed E-state index contributed by atoms with van der Waals surface area (Å²) in [4.78, 5) is 24.3.